The molecule has 0 spiro atoms. The van der Waals surface area contributed by atoms with Gasteiger partial charge in [-0.3, -0.25) is 9.89 Å². The number of carbonyl (C=O) groups excluding carboxylic acids is 1. The van der Waals surface area contributed by atoms with E-state index in [2.05, 4.69) is 54.6 Å². The molecule has 32 heavy (non-hydrogen) atoms. The third-order valence-electron chi connectivity index (χ3n) is 6.84. The summed E-state index contributed by atoms with van der Waals surface area (Å²) in [5, 5.41) is 10.3. The molecule has 4 N–H and O–H groups in total. The molecule has 1 amide bonds. The topological polar surface area (TPSA) is 126 Å². The summed E-state index contributed by atoms with van der Waals surface area (Å²) < 4.78 is 0. The number of fused-ring (bicyclic) bond motifs is 2. The molecule has 1 fully saturated rings. The van der Waals surface area contributed by atoms with Gasteiger partial charge >= 0.3 is 0 Å². The molecule has 3 aromatic rings. The van der Waals surface area contributed by atoms with Gasteiger partial charge in [0.1, 0.15) is 5.82 Å². The first-order chi connectivity index (χ1) is 15.7. The van der Waals surface area contributed by atoms with Crippen LogP contribution < -0.4 is 16.0 Å². The molecule has 0 bridgehead atoms. The number of aryl methyl sites for hydroxylation is 1. The molecule has 2 atom stereocenters. The highest BCUT2D eigenvalue weighted by atomic mass is 16.1. The zero-order valence-corrected chi connectivity index (χ0v) is 17.8. The summed E-state index contributed by atoms with van der Waals surface area (Å²) in [5.41, 5.74) is 10.7. The minimum Gasteiger partial charge on any atom is -0.368 e. The Hall–Kier alpha value is -3.49. The monoisotopic (exact) mass is 430 g/mol. The molecule has 164 valence electrons. The van der Waals surface area contributed by atoms with Crippen LogP contribution in [0.5, 0.6) is 0 Å². The number of carbonyl (C=O) groups is 1. The molecule has 6 rings (SSSR count). The molecular weight excluding hydrogens is 404 g/mol. The van der Waals surface area contributed by atoms with Gasteiger partial charge in [0.25, 0.3) is 0 Å². The number of aromatic nitrogens is 5. The fourth-order valence-corrected chi connectivity index (χ4v) is 4.92. The Morgan fingerprint density at radius 2 is 1.97 bits per heavy atom. The smallest absolute Gasteiger partial charge is 0.231 e. The van der Waals surface area contributed by atoms with Gasteiger partial charge in [0.05, 0.1) is 23.9 Å². The first-order valence-corrected chi connectivity index (χ1v) is 11.3. The summed E-state index contributed by atoms with van der Waals surface area (Å²) in [6.45, 7) is 1.19. The molecule has 1 aliphatic heterocycles. The molecule has 9 heteroatoms. The Morgan fingerprint density at radius 1 is 1.12 bits per heavy atom. The van der Waals surface area contributed by atoms with Crippen molar-refractivity contribution in [1.29, 1.82) is 0 Å². The van der Waals surface area contributed by atoms with Crippen LogP contribution >= 0.6 is 0 Å². The summed E-state index contributed by atoms with van der Waals surface area (Å²) in [6, 6.07) is 8.45. The van der Waals surface area contributed by atoms with E-state index in [1.165, 1.54) is 11.1 Å². The highest BCUT2D eigenvalue weighted by molar-refractivity contribution is 5.84. The molecule has 9 nitrogen and oxygen atoms in total. The van der Waals surface area contributed by atoms with Gasteiger partial charge < -0.3 is 16.0 Å². The van der Waals surface area contributed by atoms with Crippen molar-refractivity contribution in [3.8, 4) is 0 Å². The number of anilines is 2. The largest absolute Gasteiger partial charge is 0.368 e. The zero-order valence-electron chi connectivity index (χ0n) is 17.8. The van der Waals surface area contributed by atoms with Gasteiger partial charge in [-0.25, -0.2) is 0 Å². The Bertz CT molecular complexity index is 1170. The molecule has 3 heterocycles. The molecular formula is C23H26N8O. The summed E-state index contributed by atoms with van der Waals surface area (Å²) in [5.74, 6) is 1.92. The standard InChI is InChI=1S/C23H26N8O/c24-22-27-20(13-5-6-13)28-23(29-22)31-12-16-4-2-1-3-14(16)9-17(31)11-25-21(32)18-8-7-15-10-26-30-19(15)18/h1-4,10,13,17-18H,5-9,11-12H2,(H,25,32)(H,26,30)(H2,24,27,28,29). The van der Waals surface area contributed by atoms with Gasteiger partial charge in [0.2, 0.25) is 17.8 Å². The maximum atomic E-state index is 13.0. The van der Waals surface area contributed by atoms with Gasteiger partial charge in [-0.2, -0.15) is 20.1 Å². The highest BCUT2D eigenvalue weighted by Crippen LogP contribution is 2.39. The summed E-state index contributed by atoms with van der Waals surface area (Å²) in [6.07, 6.45) is 6.54. The Morgan fingerprint density at radius 3 is 2.81 bits per heavy atom. The minimum atomic E-state index is -0.161. The van der Waals surface area contributed by atoms with E-state index in [0.29, 0.717) is 25.0 Å². The third kappa shape index (κ3) is 3.47. The lowest BCUT2D eigenvalue weighted by molar-refractivity contribution is -0.122. The number of amides is 1. The van der Waals surface area contributed by atoms with Crippen LogP contribution in [0.25, 0.3) is 0 Å². The number of aromatic amines is 1. The van der Waals surface area contributed by atoms with E-state index in [1.54, 1.807) is 0 Å². The number of nitrogens with one attached hydrogen (secondary N) is 2. The van der Waals surface area contributed by atoms with Crippen molar-refractivity contribution in [3.05, 3.63) is 58.7 Å². The van der Waals surface area contributed by atoms with Crippen LogP contribution in [-0.4, -0.2) is 43.6 Å². The second kappa shape index (κ2) is 7.58. The van der Waals surface area contributed by atoms with Crippen LogP contribution in [0.15, 0.2) is 30.5 Å². The molecule has 2 unspecified atom stereocenters. The second-order valence-electron chi connectivity index (χ2n) is 9.03. The van der Waals surface area contributed by atoms with Crippen molar-refractivity contribution in [2.75, 3.05) is 17.2 Å². The van der Waals surface area contributed by atoms with Gasteiger partial charge in [0, 0.05) is 19.0 Å². The average Bonchev–Trinajstić information content (AvgIpc) is 3.42. The van der Waals surface area contributed by atoms with Crippen LogP contribution in [0.4, 0.5) is 11.9 Å². The normalized spacial score (nSPS) is 21.8. The predicted molar refractivity (Wildman–Crippen MR) is 119 cm³/mol. The fourth-order valence-electron chi connectivity index (χ4n) is 4.92. The van der Waals surface area contributed by atoms with Crippen molar-refractivity contribution in [1.82, 2.24) is 30.5 Å². The van der Waals surface area contributed by atoms with Crippen LogP contribution in [0.2, 0.25) is 0 Å². The number of hydrogen-bond donors (Lipinski definition) is 3. The number of nitrogens with zero attached hydrogens (tertiary/aromatic N) is 5. The molecule has 2 aliphatic carbocycles. The molecule has 0 radical (unpaired) electrons. The van der Waals surface area contributed by atoms with Crippen LogP contribution in [0.3, 0.4) is 0 Å². The molecule has 1 saturated carbocycles. The summed E-state index contributed by atoms with van der Waals surface area (Å²) in [4.78, 5) is 28.8. The maximum Gasteiger partial charge on any atom is 0.231 e. The van der Waals surface area contributed by atoms with Gasteiger partial charge in [-0.05, 0) is 48.8 Å². The van der Waals surface area contributed by atoms with Crippen LogP contribution in [0.1, 0.15) is 59.3 Å². The maximum absolute atomic E-state index is 13.0. The Balaban J connectivity index is 1.25. The quantitative estimate of drug-likeness (QED) is 0.564. The highest BCUT2D eigenvalue weighted by Gasteiger charge is 2.34. The molecule has 3 aliphatic rings. The number of H-pyrrole nitrogens is 1. The fraction of sp³-hybridized carbons (Fsp3) is 0.435. The number of rotatable bonds is 5. The number of benzene rings is 1. The first-order valence-electron chi connectivity index (χ1n) is 11.3. The van der Waals surface area contributed by atoms with E-state index >= 15 is 0 Å². The SMILES string of the molecule is Nc1nc(C2CC2)nc(N2Cc3ccccc3CC2CNC(=O)C2CCc3cn[nH]c32)n1. The first kappa shape index (κ1) is 19.2. The lowest BCUT2D eigenvalue weighted by Crippen LogP contribution is -2.49. The summed E-state index contributed by atoms with van der Waals surface area (Å²) >= 11 is 0. The third-order valence-corrected chi connectivity index (χ3v) is 6.84. The Labute approximate surface area is 185 Å². The van der Waals surface area contributed by atoms with E-state index in [0.717, 1.165) is 49.2 Å². The van der Waals surface area contributed by atoms with Crippen molar-refractivity contribution < 1.29 is 4.79 Å². The van der Waals surface area contributed by atoms with Crippen molar-refractivity contribution in [2.24, 2.45) is 0 Å². The van der Waals surface area contributed by atoms with Crippen molar-refractivity contribution in [2.45, 2.75) is 56.5 Å². The number of hydrogen-bond acceptors (Lipinski definition) is 7. The van der Waals surface area contributed by atoms with Crippen molar-refractivity contribution in [3.63, 3.8) is 0 Å². The van der Waals surface area contributed by atoms with Gasteiger partial charge in [-0.15, -0.1) is 0 Å². The van der Waals surface area contributed by atoms with E-state index in [4.69, 9.17) is 10.7 Å². The van der Waals surface area contributed by atoms with E-state index < -0.39 is 0 Å². The minimum absolute atomic E-state index is 0.0327. The molecule has 0 saturated heterocycles. The lowest BCUT2D eigenvalue weighted by Gasteiger charge is -2.37. The second-order valence-corrected chi connectivity index (χ2v) is 9.03. The van der Waals surface area contributed by atoms with Gasteiger partial charge in [0.15, 0.2) is 0 Å². The van der Waals surface area contributed by atoms with Crippen LogP contribution in [0, 0.1) is 0 Å². The predicted octanol–water partition coefficient (Wildman–Crippen LogP) is 1.83. The van der Waals surface area contributed by atoms with E-state index in [1.807, 2.05) is 6.20 Å². The lowest BCUT2D eigenvalue weighted by atomic mass is 9.94. The van der Waals surface area contributed by atoms with Gasteiger partial charge in [-0.1, -0.05) is 24.3 Å². The number of nitrogens with two attached hydrogens (primary N) is 1. The van der Waals surface area contributed by atoms with Crippen LogP contribution in [-0.2, 0) is 24.2 Å². The summed E-state index contributed by atoms with van der Waals surface area (Å²) in [7, 11) is 0. The Kier molecular flexibility index (Phi) is 4.55. The van der Waals surface area contributed by atoms with E-state index in [9.17, 15) is 4.79 Å². The molecule has 2 aromatic heterocycles. The van der Waals surface area contributed by atoms with Crippen molar-refractivity contribution >= 4 is 17.8 Å². The van der Waals surface area contributed by atoms with E-state index in [-0.39, 0.29) is 23.8 Å². The average molecular weight is 431 g/mol. The zero-order chi connectivity index (χ0) is 21.7. The molecule has 1 aromatic carbocycles. The number of nitrogen functional groups attached to an aromatic ring is 1.